The Morgan fingerprint density at radius 1 is 0.620 bits per heavy atom. The van der Waals surface area contributed by atoms with Crippen molar-refractivity contribution in [2.75, 3.05) is 4.90 Å². The Balaban J connectivity index is 1.01. The van der Waals surface area contributed by atoms with Crippen molar-refractivity contribution in [3.8, 4) is 22.3 Å². The van der Waals surface area contributed by atoms with E-state index in [0.29, 0.717) is 12.0 Å². The minimum absolute atomic E-state index is 0.192. The lowest BCUT2D eigenvalue weighted by Crippen LogP contribution is -2.35. The standard InChI is InChI=1S/C49H41N/c1-3-12-32(13-4-1)34-14-9-17-38(30-34)50(36-15-5-2-6-16-36)37-27-24-33(25-28-37)35-26-29-40-42-20-11-22-44-43-21-10-19-41-39-18-7-8-23-45(39)49(47(41)43,48(42)44)46(40)31-35/h1,3-5,7-8,11-13,15,18,20-31,34,36H,2,6,9-10,14,16-17,19H2. The summed E-state index contributed by atoms with van der Waals surface area (Å²) in [5.74, 6) is 0.483. The molecule has 0 aromatic heterocycles. The summed E-state index contributed by atoms with van der Waals surface area (Å²) in [7, 11) is 0. The number of allylic oxidation sites excluding steroid dienone is 7. The molecule has 5 aromatic rings. The monoisotopic (exact) mass is 643 g/mol. The largest absolute Gasteiger partial charge is 0.339 e. The maximum atomic E-state index is 2.67. The molecule has 6 aliphatic carbocycles. The Kier molecular flexibility index (Phi) is 6.27. The summed E-state index contributed by atoms with van der Waals surface area (Å²) >= 11 is 0. The van der Waals surface area contributed by atoms with Gasteiger partial charge < -0.3 is 4.90 Å². The van der Waals surface area contributed by atoms with E-state index in [2.05, 4.69) is 144 Å². The molecule has 0 amide bonds. The van der Waals surface area contributed by atoms with Crippen LogP contribution in [-0.2, 0) is 5.41 Å². The van der Waals surface area contributed by atoms with Gasteiger partial charge in [-0.15, -0.1) is 0 Å². The van der Waals surface area contributed by atoms with Gasteiger partial charge in [-0.25, -0.2) is 0 Å². The van der Waals surface area contributed by atoms with Gasteiger partial charge in [-0.1, -0.05) is 121 Å². The number of hydrogen-bond acceptors (Lipinski definition) is 1. The predicted molar refractivity (Wildman–Crippen MR) is 208 cm³/mol. The lowest BCUT2D eigenvalue weighted by atomic mass is 9.72. The first-order chi connectivity index (χ1) is 24.8. The maximum absolute atomic E-state index is 2.67. The second kappa shape index (κ2) is 10.9. The Bertz CT molecular complexity index is 2330. The number of anilines is 1. The zero-order valence-electron chi connectivity index (χ0n) is 28.5. The van der Waals surface area contributed by atoms with Gasteiger partial charge in [0.2, 0.25) is 0 Å². The molecule has 0 saturated carbocycles. The summed E-state index contributed by atoms with van der Waals surface area (Å²) in [6.07, 6.45) is 19.5. The van der Waals surface area contributed by atoms with Crippen molar-refractivity contribution in [3.63, 3.8) is 0 Å². The molecule has 0 bridgehead atoms. The molecule has 0 radical (unpaired) electrons. The average Bonchev–Trinajstić information content (AvgIpc) is 3.79. The third kappa shape index (κ3) is 3.89. The minimum Gasteiger partial charge on any atom is -0.339 e. The van der Waals surface area contributed by atoms with Gasteiger partial charge >= 0.3 is 0 Å². The van der Waals surface area contributed by atoms with Gasteiger partial charge in [-0.3, -0.25) is 0 Å². The van der Waals surface area contributed by atoms with E-state index >= 15 is 0 Å². The van der Waals surface area contributed by atoms with Crippen LogP contribution in [0.5, 0.6) is 0 Å². The fourth-order valence-corrected chi connectivity index (χ4v) is 10.7. The summed E-state index contributed by atoms with van der Waals surface area (Å²) in [6.45, 7) is 0. The van der Waals surface area contributed by atoms with E-state index in [0.717, 1.165) is 19.3 Å². The number of hydrogen-bond donors (Lipinski definition) is 0. The molecule has 6 aliphatic rings. The average molecular weight is 644 g/mol. The zero-order valence-corrected chi connectivity index (χ0v) is 28.5. The zero-order chi connectivity index (χ0) is 32.8. The molecule has 0 N–H and O–H groups in total. The van der Waals surface area contributed by atoms with Crippen molar-refractivity contribution < 1.29 is 0 Å². The Morgan fingerprint density at radius 3 is 2.32 bits per heavy atom. The van der Waals surface area contributed by atoms with Gasteiger partial charge in [0.25, 0.3) is 0 Å². The topological polar surface area (TPSA) is 3.24 Å². The highest BCUT2D eigenvalue weighted by molar-refractivity contribution is 6.11. The molecule has 3 unspecified atom stereocenters. The molecule has 1 spiro atoms. The van der Waals surface area contributed by atoms with E-state index < -0.39 is 0 Å². The number of rotatable bonds is 5. The van der Waals surface area contributed by atoms with E-state index in [9.17, 15) is 0 Å². The molecular formula is C49H41N. The van der Waals surface area contributed by atoms with E-state index in [1.807, 2.05) is 0 Å². The molecule has 0 aliphatic heterocycles. The maximum Gasteiger partial charge on any atom is 0.0734 e. The molecule has 1 nitrogen and oxygen atoms in total. The first-order valence-corrected chi connectivity index (χ1v) is 19.0. The number of fused-ring (bicyclic) bond motifs is 5. The fraction of sp³-hybridized carbons (Fsp3) is 0.224. The van der Waals surface area contributed by atoms with Gasteiger partial charge in [0.1, 0.15) is 0 Å². The lowest BCUT2D eigenvalue weighted by Gasteiger charge is -2.38. The van der Waals surface area contributed by atoms with Crippen LogP contribution in [0, 0.1) is 0 Å². The van der Waals surface area contributed by atoms with E-state index in [1.54, 1.807) is 11.1 Å². The smallest absolute Gasteiger partial charge is 0.0734 e. The molecule has 11 rings (SSSR count). The quantitative estimate of drug-likeness (QED) is 0.172. The van der Waals surface area contributed by atoms with Crippen LogP contribution < -0.4 is 4.90 Å². The van der Waals surface area contributed by atoms with Gasteiger partial charge in [0, 0.05) is 17.3 Å². The summed E-state index contributed by atoms with van der Waals surface area (Å²) in [6, 6.07) is 44.7. The van der Waals surface area contributed by atoms with Crippen LogP contribution in [0.15, 0.2) is 151 Å². The molecule has 0 heterocycles. The highest BCUT2D eigenvalue weighted by Crippen LogP contribution is 2.71. The van der Waals surface area contributed by atoms with Crippen LogP contribution in [0.2, 0.25) is 0 Å². The fourth-order valence-electron chi connectivity index (χ4n) is 10.7. The van der Waals surface area contributed by atoms with E-state index in [1.165, 1.54) is 105 Å². The van der Waals surface area contributed by atoms with Crippen molar-refractivity contribution in [2.45, 2.75) is 68.7 Å². The molecular weight excluding hydrogens is 603 g/mol. The Hall–Kier alpha value is -5.14. The van der Waals surface area contributed by atoms with Crippen LogP contribution in [0.25, 0.3) is 33.4 Å². The highest BCUT2D eigenvalue weighted by atomic mass is 15.2. The molecule has 3 atom stereocenters. The van der Waals surface area contributed by atoms with Gasteiger partial charge in [0.05, 0.1) is 11.5 Å². The van der Waals surface area contributed by atoms with Crippen molar-refractivity contribution in [3.05, 3.63) is 184 Å². The third-order valence-corrected chi connectivity index (χ3v) is 12.7. The Morgan fingerprint density at radius 2 is 1.44 bits per heavy atom. The number of benzene rings is 5. The van der Waals surface area contributed by atoms with Crippen molar-refractivity contribution >= 4 is 16.8 Å². The Labute approximate surface area is 296 Å². The van der Waals surface area contributed by atoms with Crippen LogP contribution >= 0.6 is 0 Å². The summed E-state index contributed by atoms with van der Waals surface area (Å²) in [4.78, 5) is 2.67. The first-order valence-electron chi connectivity index (χ1n) is 19.0. The normalized spacial score (nSPS) is 23.5. The second-order valence-corrected chi connectivity index (χ2v) is 15.2. The van der Waals surface area contributed by atoms with E-state index in [-0.39, 0.29) is 5.41 Å². The lowest BCUT2D eigenvalue weighted by molar-refractivity contribution is 0.569. The SMILES string of the molecule is C1=CC(N(C2=CC(c3ccccc3)CCC2)c2ccc(-c3ccc4c(c3)C35C6=C(CCC=C6c6cccc-4c63)c3ccccc35)cc2)CCC1. The van der Waals surface area contributed by atoms with E-state index in [4.69, 9.17) is 0 Å². The third-order valence-electron chi connectivity index (χ3n) is 12.7. The van der Waals surface area contributed by atoms with Gasteiger partial charge in [0.15, 0.2) is 0 Å². The minimum atomic E-state index is -0.192. The first kappa shape index (κ1) is 28.7. The van der Waals surface area contributed by atoms with Crippen LogP contribution in [0.3, 0.4) is 0 Å². The molecule has 5 aromatic carbocycles. The van der Waals surface area contributed by atoms with Crippen LogP contribution in [0.4, 0.5) is 5.69 Å². The summed E-state index contributed by atoms with van der Waals surface area (Å²) in [5.41, 5.74) is 21.5. The second-order valence-electron chi connectivity index (χ2n) is 15.2. The number of nitrogens with zero attached hydrogens (tertiary/aromatic N) is 1. The molecule has 0 fully saturated rings. The van der Waals surface area contributed by atoms with Gasteiger partial charge in [-0.05, 0) is 142 Å². The summed E-state index contributed by atoms with van der Waals surface area (Å²) < 4.78 is 0. The van der Waals surface area contributed by atoms with Gasteiger partial charge in [-0.2, -0.15) is 0 Å². The van der Waals surface area contributed by atoms with Crippen LogP contribution in [-0.4, -0.2) is 6.04 Å². The molecule has 242 valence electrons. The highest BCUT2D eigenvalue weighted by Gasteiger charge is 2.59. The summed E-state index contributed by atoms with van der Waals surface area (Å²) in [5, 5.41) is 0. The predicted octanol–water partition coefficient (Wildman–Crippen LogP) is 12.4. The van der Waals surface area contributed by atoms with Crippen molar-refractivity contribution in [1.29, 1.82) is 0 Å². The van der Waals surface area contributed by atoms with Crippen molar-refractivity contribution in [2.24, 2.45) is 0 Å². The van der Waals surface area contributed by atoms with Crippen LogP contribution in [0.1, 0.15) is 90.7 Å². The van der Waals surface area contributed by atoms with Crippen molar-refractivity contribution in [1.82, 2.24) is 0 Å². The molecule has 50 heavy (non-hydrogen) atoms. The molecule has 0 saturated heterocycles. The molecule has 1 heteroatoms.